The lowest BCUT2D eigenvalue weighted by Crippen LogP contribution is -2.04. The zero-order chi connectivity index (χ0) is 10.4. The summed E-state index contributed by atoms with van der Waals surface area (Å²) in [7, 11) is 0. The first-order valence-corrected chi connectivity index (χ1v) is 4.80. The van der Waals surface area contributed by atoms with Gasteiger partial charge in [0, 0.05) is 19.2 Å². The second kappa shape index (κ2) is 5.29. The molecule has 2 heteroatoms. The highest BCUT2D eigenvalue weighted by Crippen LogP contribution is 2.11. The summed E-state index contributed by atoms with van der Waals surface area (Å²) in [5.41, 5.74) is 2.39. The Hall–Kier alpha value is -1.49. The third kappa shape index (κ3) is 3.10. The minimum Gasteiger partial charge on any atom is -0.369 e. The summed E-state index contributed by atoms with van der Waals surface area (Å²) >= 11 is 0. The molecule has 1 heterocycles. The van der Waals surface area contributed by atoms with Crippen molar-refractivity contribution in [2.45, 2.75) is 27.2 Å². The van der Waals surface area contributed by atoms with Gasteiger partial charge in [-0.25, -0.2) is 4.98 Å². The largest absolute Gasteiger partial charge is 0.369 e. The van der Waals surface area contributed by atoms with E-state index < -0.39 is 0 Å². The number of nitrogens with zero attached hydrogens (tertiary/aromatic N) is 1. The standard InChI is InChI=1S/C12H16N2/c1-4-5-6-7-13-12-11(3)8-10(2)9-14-12/h8-9H,6-7H2,1-3H3,(H,13,14). The Bertz CT molecular complexity index is 358. The first-order chi connectivity index (χ1) is 6.74. The van der Waals surface area contributed by atoms with E-state index in [1.807, 2.05) is 20.0 Å². The van der Waals surface area contributed by atoms with E-state index in [1.54, 1.807) is 0 Å². The quantitative estimate of drug-likeness (QED) is 0.582. The van der Waals surface area contributed by atoms with Crippen LogP contribution >= 0.6 is 0 Å². The van der Waals surface area contributed by atoms with Crippen LogP contribution in [0.5, 0.6) is 0 Å². The lowest BCUT2D eigenvalue weighted by Gasteiger charge is -2.06. The third-order valence-electron chi connectivity index (χ3n) is 1.93. The molecule has 1 aromatic rings. The predicted molar refractivity (Wildman–Crippen MR) is 60.3 cm³/mol. The number of nitrogens with one attached hydrogen (secondary N) is 1. The molecule has 74 valence electrons. The van der Waals surface area contributed by atoms with Crippen LogP contribution in [0.1, 0.15) is 24.5 Å². The molecule has 0 unspecified atom stereocenters. The van der Waals surface area contributed by atoms with Gasteiger partial charge in [-0.15, -0.1) is 11.8 Å². The van der Waals surface area contributed by atoms with Gasteiger partial charge < -0.3 is 5.32 Å². The average Bonchev–Trinajstić information content (AvgIpc) is 2.15. The van der Waals surface area contributed by atoms with Gasteiger partial charge in [0.2, 0.25) is 0 Å². The fourth-order valence-electron chi connectivity index (χ4n) is 1.27. The van der Waals surface area contributed by atoms with E-state index in [9.17, 15) is 0 Å². The zero-order valence-corrected chi connectivity index (χ0v) is 9.02. The van der Waals surface area contributed by atoms with E-state index in [2.05, 4.69) is 35.1 Å². The summed E-state index contributed by atoms with van der Waals surface area (Å²) in [6, 6.07) is 2.13. The number of anilines is 1. The number of aromatic nitrogens is 1. The van der Waals surface area contributed by atoms with Gasteiger partial charge in [0.05, 0.1) is 0 Å². The summed E-state index contributed by atoms with van der Waals surface area (Å²) < 4.78 is 0. The van der Waals surface area contributed by atoms with E-state index in [0.717, 1.165) is 18.8 Å². The summed E-state index contributed by atoms with van der Waals surface area (Å²) in [6.45, 7) is 6.83. The molecule has 0 bridgehead atoms. The van der Waals surface area contributed by atoms with Gasteiger partial charge in [-0.2, -0.15) is 0 Å². The van der Waals surface area contributed by atoms with E-state index >= 15 is 0 Å². The topological polar surface area (TPSA) is 24.9 Å². The first kappa shape index (κ1) is 10.6. The molecule has 0 saturated heterocycles. The van der Waals surface area contributed by atoms with Crippen LogP contribution in [-0.2, 0) is 0 Å². The van der Waals surface area contributed by atoms with Crippen molar-refractivity contribution >= 4 is 5.82 Å². The highest BCUT2D eigenvalue weighted by Gasteiger charge is 1.97. The van der Waals surface area contributed by atoms with Crippen molar-refractivity contribution in [2.75, 3.05) is 11.9 Å². The van der Waals surface area contributed by atoms with Crippen LogP contribution in [0, 0.1) is 25.7 Å². The molecule has 0 atom stereocenters. The fraction of sp³-hybridized carbons (Fsp3) is 0.417. The molecule has 1 rings (SSSR count). The van der Waals surface area contributed by atoms with Crippen LogP contribution in [0.3, 0.4) is 0 Å². The zero-order valence-electron chi connectivity index (χ0n) is 9.02. The van der Waals surface area contributed by atoms with Gasteiger partial charge in [0.25, 0.3) is 0 Å². The van der Waals surface area contributed by atoms with Crippen LogP contribution in [-0.4, -0.2) is 11.5 Å². The SMILES string of the molecule is CC#CCCNc1ncc(C)cc1C. The first-order valence-electron chi connectivity index (χ1n) is 4.80. The summed E-state index contributed by atoms with van der Waals surface area (Å²) in [4.78, 5) is 4.32. The fourth-order valence-corrected chi connectivity index (χ4v) is 1.27. The van der Waals surface area contributed by atoms with Crippen molar-refractivity contribution in [3.05, 3.63) is 23.4 Å². The molecule has 0 amide bonds. The van der Waals surface area contributed by atoms with Gasteiger partial charge in [-0.1, -0.05) is 6.07 Å². The molecule has 0 aliphatic heterocycles. The predicted octanol–water partition coefficient (Wildman–Crippen LogP) is 2.52. The molecule has 0 spiro atoms. The maximum Gasteiger partial charge on any atom is 0.128 e. The van der Waals surface area contributed by atoms with Crippen molar-refractivity contribution < 1.29 is 0 Å². The highest BCUT2D eigenvalue weighted by atomic mass is 15.0. The lowest BCUT2D eigenvalue weighted by atomic mass is 10.2. The van der Waals surface area contributed by atoms with Crippen LogP contribution in [0.4, 0.5) is 5.82 Å². The van der Waals surface area contributed by atoms with E-state index in [4.69, 9.17) is 0 Å². The second-order valence-corrected chi connectivity index (χ2v) is 3.28. The van der Waals surface area contributed by atoms with Crippen molar-refractivity contribution in [3.8, 4) is 11.8 Å². The highest BCUT2D eigenvalue weighted by molar-refractivity contribution is 5.44. The monoisotopic (exact) mass is 188 g/mol. The molecular weight excluding hydrogens is 172 g/mol. The van der Waals surface area contributed by atoms with Crippen molar-refractivity contribution in [3.63, 3.8) is 0 Å². The van der Waals surface area contributed by atoms with Gasteiger partial charge in [-0.05, 0) is 31.9 Å². The van der Waals surface area contributed by atoms with Crippen molar-refractivity contribution in [1.29, 1.82) is 0 Å². The number of rotatable bonds is 3. The molecule has 0 fully saturated rings. The maximum atomic E-state index is 4.32. The Morgan fingerprint density at radius 3 is 2.86 bits per heavy atom. The lowest BCUT2D eigenvalue weighted by molar-refractivity contribution is 1.06. The van der Waals surface area contributed by atoms with E-state index in [1.165, 1.54) is 11.1 Å². The Morgan fingerprint density at radius 1 is 1.43 bits per heavy atom. The molecule has 1 aromatic heterocycles. The average molecular weight is 188 g/mol. The Balaban J connectivity index is 2.53. The van der Waals surface area contributed by atoms with Crippen LogP contribution in [0.2, 0.25) is 0 Å². The van der Waals surface area contributed by atoms with Gasteiger partial charge in [-0.3, -0.25) is 0 Å². The number of hydrogen-bond acceptors (Lipinski definition) is 2. The van der Waals surface area contributed by atoms with Gasteiger partial charge >= 0.3 is 0 Å². The molecule has 0 aliphatic rings. The maximum absolute atomic E-state index is 4.32. The smallest absolute Gasteiger partial charge is 0.128 e. The molecule has 1 N–H and O–H groups in total. The number of aryl methyl sites for hydroxylation is 2. The third-order valence-corrected chi connectivity index (χ3v) is 1.93. The number of pyridine rings is 1. The van der Waals surface area contributed by atoms with Crippen LogP contribution in [0.15, 0.2) is 12.3 Å². The molecule has 0 aliphatic carbocycles. The molecule has 14 heavy (non-hydrogen) atoms. The summed E-state index contributed by atoms with van der Waals surface area (Å²) in [6.07, 6.45) is 2.74. The number of hydrogen-bond donors (Lipinski definition) is 1. The Labute approximate surface area is 85.8 Å². The summed E-state index contributed by atoms with van der Waals surface area (Å²) in [5.74, 6) is 6.84. The second-order valence-electron chi connectivity index (χ2n) is 3.28. The van der Waals surface area contributed by atoms with E-state index in [-0.39, 0.29) is 0 Å². The van der Waals surface area contributed by atoms with Gasteiger partial charge in [0.1, 0.15) is 5.82 Å². The Morgan fingerprint density at radius 2 is 2.21 bits per heavy atom. The Kier molecular flexibility index (Phi) is 4.00. The molecular formula is C12H16N2. The molecule has 0 radical (unpaired) electrons. The molecule has 0 saturated carbocycles. The minimum atomic E-state index is 0.859. The summed E-state index contributed by atoms with van der Waals surface area (Å²) in [5, 5.41) is 3.26. The van der Waals surface area contributed by atoms with Crippen LogP contribution in [0.25, 0.3) is 0 Å². The van der Waals surface area contributed by atoms with Crippen molar-refractivity contribution in [1.82, 2.24) is 4.98 Å². The van der Waals surface area contributed by atoms with Crippen LogP contribution < -0.4 is 5.32 Å². The minimum absolute atomic E-state index is 0.859. The normalized spacial score (nSPS) is 9.07. The van der Waals surface area contributed by atoms with Crippen molar-refractivity contribution in [2.24, 2.45) is 0 Å². The molecule has 0 aromatic carbocycles. The van der Waals surface area contributed by atoms with E-state index in [0.29, 0.717) is 0 Å². The van der Waals surface area contributed by atoms with Gasteiger partial charge in [0.15, 0.2) is 0 Å². The molecule has 2 nitrogen and oxygen atoms in total.